The maximum Gasteiger partial charge on any atom is 0.340 e. The molecule has 1 aliphatic rings. The zero-order valence-corrected chi connectivity index (χ0v) is 14.6. The number of hydrogen-bond donors (Lipinski definition) is 4. The number of urea groups is 1. The van der Waals surface area contributed by atoms with Gasteiger partial charge in [0.2, 0.25) is 0 Å². The number of aromatic nitrogens is 1. The topological polar surface area (TPSA) is 130 Å². The van der Waals surface area contributed by atoms with E-state index in [0.29, 0.717) is 23.4 Å². The van der Waals surface area contributed by atoms with Crippen molar-refractivity contribution in [1.82, 2.24) is 9.99 Å². The molecule has 0 fully saturated rings. The number of carboxylic acids is 1. The molecule has 2 amide bonds. The minimum atomic E-state index is -1.17. The predicted molar refractivity (Wildman–Crippen MR) is 99.4 cm³/mol. The second-order valence-electron chi connectivity index (χ2n) is 6.22. The molecular weight excluding hydrogens is 372 g/mol. The Labute approximate surface area is 155 Å². The molecule has 2 bridgehead atoms. The number of nitrogens with one attached hydrogen (secondary N) is 3. The van der Waals surface area contributed by atoms with Crippen LogP contribution in [0.3, 0.4) is 0 Å². The van der Waals surface area contributed by atoms with Gasteiger partial charge in [0.15, 0.2) is 0 Å². The summed E-state index contributed by atoms with van der Waals surface area (Å²) < 4.78 is 0.759. The predicted octanol–water partition coefficient (Wildman–Crippen LogP) is 1.01. The standard InChI is InChI=1S/C17H14N4O5S/c22-14-15(23)21(14)20-13-12(16(24)25)7-11(27-13)6-10-5-8-2-1-3-9(4-8)18-17(26)19-10/h1-4,7,10,20H,5-6H2,(H,24,25)(H2,18,19,26). The van der Waals surface area contributed by atoms with Gasteiger partial charge in [-0.2, -0.15) is 4.68 Å². The molecule has 0 aliphatic carbocycles. The largest absolute Gasteiger partial charge is 0.478 e. The number of carbonyl (C=O) groups is 2. The molecule has 9 nitrogen and oxygen atoms in total. The van der Waals surface area contributed by atoms with Crippen LogP contribution in [0.5, 0.6) is 0 Å². The summed E-state index contributed by atoms with van der Waals surface area (Å²) in [7, 11) is 0. The molecule has 27 heavy (non-hydrogen) atoms. The highest BCUT2D eigenvalue weighted by Crippen LogP contribution is 2.30. The smallest absolute Gasteiger partial charge is 0.340 e. The lowest BCUT2D eigenvalue weighted by Crippen LogP contribution is -2.41. The number of nitrogens with zero attached hydrogens (tertiary/aromatic N) is 1. The molecule has 0 radical (unpaired) electrons. The van der Waals surface area contributed by atoms with Gasteiger partial charge in [0.1, 0.15) is 5.00 Å². The van der Waals surface area contributed by atoms with Gasteiger partial charge in [-0.1, -0.05) is 12.1 Å². The Balaban J connectivity index is 1.57. The van der Waals surface area contributed by atoms with Crippen LogP contribution in [0.2, 0.25) is 0 Å². The van der Waals surface area contributed by atoms with E-state index in [4.69, 9.17) is 0 Å². The lowest BCUT2D eigenvalue weighted by Gasteiger charge is -2.22. The van der Waals surface area contributed by atoms with E-state index in [9.17, 15) is 24.3 Å². The van der Waals surface area contributed by atoms with Crippen molar-refractivity contribution in [2.45, 2.75) is 18.9 Å². The molecule has 3 aromatic rings. The van der Waals surface area contributed by atoms with Gasteiger partial charge in [-0.25, -0.2) is 9.59 Å². The normalized spacial score (nSPS) is 16.3. The summed E-state index contributed by atoms with van der Waals surface area (Å²) in [5.74, 6) is -1.17. The fourth-order valence-electron chi connectivity index (χ4n) is 2.95. The van der Waals surface area contributed by atoms with Gasteiger partial charge in [0.05, 0.1) is 5.56 Å². The number of thiophene rings is 1. The Morgan fingerprint density at radius 1 is 1.26 bits per heavy atom. The number of benzene rings is 1. The highest BCUT2D eigenvalue weighted by atomic mass is 32.1. The van der Waals surface area contributed by atoms with E-state index in [0.717, 1.165) is 21.6 Å². The van der Waals surface area contributed by atoms with Crippen LogP contribution in [0, 0.1) is 0 Å². The van der Waals surface area contributed by atoms with E-state index in [1.165, 1.54) is 6.07 Å². The van der Waals surface area contributed by atoms with Gasteiger partial charge in [-0.3, -0.25) is 15.0 Å². The molecule has 10 heteroatoms. The summed E-state index contributed by atoms with van der Waals surface area (Å²) in [6.07, 6.45) is 1.000. The quantitative estimate of drug-likeness (QED) is 0.484. The van der Waals surface area contributed by atoms with Crippen molar-refractivity contribution in [2.75, 3.05) is 10.7 Å². The van der Waals surface area contributed by atoms with Gasteiger partial charge in [0.25, 0.3) is 0 Å². The molecule has 4 rings (SSSR count). The molecule has 4 N–H and O–H groups in total. The number of rotatable bonds is 5. The fourth-order valence-corrected chi connectivity index (χ4v) is 4.07. The highest BCUT2D eigenvalue weighted by Gasteiger charge is 2.24. The Kier molecular flexibility index (Phi) is 4.04. The molecule has 0 spiro atoms. The number of carbonyl (C=O) groups excluding carboxylic acids is 1. The minimum Gasteiger partial charge on any atom is -0.478 e. The Morgan fingerprint density at radius 2 is 2.04 bits per heavy atom. The number of hydrogen-bond acceptors (Lipinski definition) is 6. The van der Waals surface area contributed by atoms with Crippen LogP contribution in [-0.4, -0.2) is 27.8 Å². The monoisotopic (exact) mass is 386 g/mol. The van der Waals surface area contributed by atoms with Crippen LogP contribution in [0.4, 0.5) is 15.5 Å². The zero-order valence-electron chi connectivity index (χ0n) is 13.8. The lowest BCUT2D eigenvalue weighted by atomic mass is 10.0. The third kappa shape index (κ3) is 3.47. The van der Waals surface area contributed by atoms with Crippen molar-refractivity contribution in [3.63, 3.8) is 0 Å². The lowest BCUT2D eigenvalue weighted by molar-refractivity contribution is 0.0698. The van der Waals surface area contributed by atoms with Gasteiger partial charge in [-0.05, 0) is 30.2 Å². The molecule has 138 valence electrons. The first-order valence-electron chi connectivity index (χ1n) is 8.08. The minimum absolute atomic E-state index is 0.0280. The van der Waals surface area contributed by atoms with Crippen LogP contribution < -0.4 is 27.2 Å². The van der Waals surface area contributed by atoms with E-state index < -0.39 is 17.1 Å². The van der Waals surface area contributed by atoms with E-state index in [1.54, 1.807) is 6.07 Å². The third-order valence-electron chi connectivity index (χ3n) is 4.22. The highest BCUT2D eigenvalue weighted by molar-refractivity contribution is 7.16. The maximum absolute atomic E-state index is 12.0. The van der Waals surface area contributed by atoms with Crippen molar-refractivity contribution in [3.05, 3.63) is 67.0 Å². The van der Waals surface area contributed by atoms with Crippen LogP contribution in [0.25, 0.3) is 0 Å². The molecule has 0 saturated carbocycles. The molecule has 1 aromatic carbocycles. The van der Waals surface area contributed by atoms with Crippen molar-refractivity contribution >= 4 is 34.0 Å². The number of carboxylic acid groups (broad SMARTS) is 1. The first kappa shape index (κ1) is 17.0. The van der Waals surface area contributed by atoms with Gasteiger partial charge >= 0.3 is 23.1 Å². The van der Waals surface area contributed by atoms with E-state index in [2.05, 4.69) is 16.1 Å². The molecule has 3 heterocycles. The van der Waals surface area contributed by atoms with Gasteiger partial charge < -0.3 is 15.7 Å². The molecule has 0 saturated heterocycles. The van der Waals surface area contributed by atoms with Crippen molar-refractivity contribution in [3.8, 4) is 0 Å². The summed E-state index contributed by atoms with van der Waals surface area (Å²) in [4.78, 5) is 46.5. The number of anilines is 2. The Bertz CT molecular complexity index is 1100. The van der Waals surface area contributed by atoms with E-state index in [-0.39, 0.29) is 22.6 Å². The Hall–Kier alpha value is -3.40. The SMILES string of the molecule is O=C1Nc2cccc(c2)CC(Cc2cc(C(=O)O)c(Nn3c(=O)c3=O)s2)N1. The maximum atomic E-state index is 12.0. The number of amides is 2. The molecule has 1 atom stereocenters. The van der Waals surface area contributed by atoms with E-state index >= 15 is 0 Å². The van der Waals surface area contributed by atoms with Crippen LogP contribution in [0.1, 0.15) is 20.8 Å². The van der Waals surface area contributed by atoms with Crippen LogP contribution >= 0.6 is 11.3 Å². The summed E-state index contributed by atoms with van der Waals surface area (Å²) >= 11 is 1.13. The average molecular weight is 386 g/mol. The van der Waals surface area contributed by atoms with Crippen molar-refractivity contribution in [2.24, 2.45) is 0 Å². The Morgan fingerprint density at radius 3 is 2.74 bits per heavy atom. The number of fused-ring (bicyclic) bond motifs is 2. The van der Waals surface area contributed by atoms with E-state index in [1.807, 2.05) is 18.2 Å². The second kappa shape index (κ2) is 6.40. The summed E-state index contributed by atoms with van der Waals surface area (Å²) in [6, 6.07) is 8.44. The first-order chi connectivity index (χ1) is 12.9. The molecular formula is C17H14N4O5S. The van der Waals surface area contributed by atoms with Crippen LogP contribution in [0.15, 0.2) is 39.9 Å². The zero-order chi connectivity index (χ0) is 19.1. The fraction of sp³-hybridized carbons (Fsp3) is 0.176. The summed E-state index contributed by atoms with van der Waals surface area (Å²) in [5.41, 5.74) is 2.84. The van der Waals surface area contributed by atoms with Gasteiger partial charge in [-0.15, -0.1) is 11.3 Å². The first-order valence-corrected chi connectivity index (χ1v) is 8.90. The molecule has 1 aliphatic heterocycles. The second-order valence-corrected chi connectivity index (χ2v) is 7.36. The van der Waals surface area contributed by atoms with Crippen molar-refractivity contribution in [1.29, 1.82) is 0 Å². The summed E-state index contributed by atoms with van der Waals surface area (Å²) in [6.45, 7) is 0. The van der Waals surface area contributed by atoms with Crippen LogP contribution in [-0.2, 0) is 12.8 Å². The third-order valence-corrected chi connectivity index (χ3v) is 5.28. The number of aromatic carboxylic acids is 1. The average Bonchev–Trinajstić information content (AvgIpc) is 2.99. The van der Waals surface area contributed by atoms with Gasteiger partial charge in [0, 0.05) is 23.0 Å². The van der Waals surface area contributed by atoms with Crippen molar-refractivity contribution < 1.29 is 14.7 Å². The summed E-state index contributed by atoms with van der Waals surface area (Å²) in [5, 5.41) is 15.2. The molecule has 2 aromatic heterocycles. The molecule has 1 unspecified atom stereocenters.